The molecule has 0 spiro atoms. The van der Waals surface area contributed by atoms with Crippen molar-refractivity contribution < 1.29 is 4.74 Å². The van der Waals surface area contributed by atoms with E-state index in [0.717, 1.165) is 44.5 Å². The summed E-state index contributed by atoms with van der Waals surface area (Å²) in [5, 5.41) is 4.38. The van der Waals surface area contributed by atoms with E-state index in [0.29, 0.717) is 0 Å². The van der Waals surface area contributed by atoms with Gasteiger partial charge in [0.1, 0.15) is 5.82 Å². The molecule has 0 N–H and O–H groups in total. The zero-order chi connectivity index (χ0) is 9.97. The van der Waals surface area contributed by atoms with E-state index in [9.17, 15) is 0 Å². The van der Waals surface area contributed by atoms with Crippen LogP contribution in [-0.2, 0) is 18.2 Å². The second kappa shape index (κ2) is 3.96. The van der Waals surface area contributed by atoms with Crippen molar-refractivity contribution in [2.75, 3.05) is 31.2 Å². The predicted molar refractivity (Wildman–Crippen MR) is 53.4 cm³/mol. The summed E-state index contributed by atoms with van der Waals surface area (Å²) in [7, 11) is 1.94. The Kier molecular flexibility index (Phi) is 2.67. The van der Waals surface area contributed by atoms with Gasteiger partial charge in [-0.05, 0) is 0 Å². The van der Waals surface area contributed by atoms with Crippen LogP contribution in [-0.4, -0.2) is 41.1 Å². The van der Waals surface area contributed by atoms with E-state index in [2.05, 4.69) is 21.9 Å². The first-order valence-electron chi connectivity index (χ1n) is 5.04. The highest BCUT2D eigenvalue weighted by molar-refractivity contribution is 5.29. The first-order chi connectivity index (χ1) is 6.81. The van der Waals surface area contributed by atoms with Gasteiger partial charge in [0.2, 0.25) is 5.95 Å². The lowest BCUT2D eigenvalue weighted by molar-refractivity contribution is 0.122. The number of hydrogen-bond acceptors (Lipinski definition) is 4. The van der Waals surface area contributed by atoms with E-state index in [4.69, 9.17) is 4.74 Å². The second-order valence-electron chi connectivity index (χ2n) is 3.40. The molecule has 0 unspecified atom stereocenters. The highest BCUT2D eigenvalue weighted by Crippen LogP contribution is 2.10. The standard InChI is InChI=1S/C9H16N4O/c1-3-8-10-9(11-12(8)2)13-4-6-14-7-5-13/h3-7H2,1-2H3. The third-order valence-corrected chi connectivity index (χ3v) is 2.45. The van der Waals surface area contributed by atoms with Gasteiger partial charge in [0, 0.05) is 26.6 Å². The van der Waals surface area contributed by atoms with E-state index in [1.165, 1.54) is 0 Å². The third-order valence-electron chi connectivity index (χ3n) is 2.45. The summed E-state index contributed by atoms with van der Waals surface area (Å²) in [6.45, 7) is 5.44. The zero-order valence-corrected chi connectivity index (χ0v) is 8.73. The van der Waals surface area contributed by atoms with Crippen molar-refractivity contribution in [3.63, 3.8) is 0 Å². The van der Waals surface area contributed by atoms with Crippen LogP contribution >= 0.6 is 0 Å². The Labute approximate surface area is 83.7 Å². The van der Waals surface area contributed by atoms with E-state index < -0.39 is 0 Å². The highest BCUT2D eigenvalue weighted by Gasteiger charge is 2.16. The van der Waals surface area contributed by atoms with Gasteiger partial charge in [0.25, 0.3) is 0 Å². The van der Waals surface area contributed by atoms with E-state index in [1.807, 2.05) is 11.7 Å². The number of rotatable bonds is 2. The minimum absolute atomic E-state index is 0.777. The second-order valence-corrected chi connectivity index (χ2v) is 3.40. The molecule has 0 aromatic carbocycles. The van der Waals surface area contributed by atoms with Gasteiger partial charge in [-0.1, -0.05) is 6.92 Å². The number of hydrogen-bond donors (Lipinski definition) is 0. The molecule has 78 valence electrons. The number of ether oxygens (including phenoxy) is 1. The number of aryl methyl sites for hydroxylation is 2. The fourth-order valence-electron chi connectivity index (χ4n) is 1.61. The summed E-state index contributed by atoms with van der Waals surface area (Å²) in [5.41, 5.74) is 0. The van der Waals surface area contributed by atoms with Gasteiger partial charge in [-0.2, -0.15) is 4.98 Å². The van der Waals surface area contributed by atoms with Crippen LogP contribution in [0.3, 0.4) is 0 Å². The molecule has 1 aliphatic heterocycles. The molecule has 2 heterocycles. The van der Waals surface area contributed by atoms with Gasteiger partial charge >= 0.3 is 0 Å². The van der Waals surface area contributed by atoms with Gasteiger partial charge in [-0.3, -0.25) is 4.68 Å². The topological polar surface area (TPSA) is 43.2 Å². The summed E-state index contributed by atoms with van der Waals surface area (Å²) >= 11 is 0. The lowest BCUT2D eigenvalue weighted by Gasteiger charge is -2.25. The number of morpholine rings is 1. The molecule has 2 rings (SSSR count). The Bertz CT molecular complexity index is 304. The Morgan fingerprint density at radius 2 is 2.07 bits per heavy atom. The molecule has 0 amide bonds. The van der Waals surface area contributed by atoms with Crippen LogP contribution < -0.4 is 4.90 Å². The molecule has 0 saturated carbocycles. The van der Waals surface area contributed by atoms with Gasteiger partial charge in [0.15, 0.2) is 0 Å². The first kappa shape index (κ1) is 9.45. The Hall–Kier alpha value is -1.10. The maximum absolute atomic E-state index is 5.28. The van der Waals surface area contributed by atoms with Crippen molar-refractivity contribution in [1.29, 1.82) is 0 Å². The van der Waals surface area contributed by atoms with Crippen LogP contribution in [0.4, 0.5) is 5.95 Å². The molecule has 1 aromatic heterocycles. The molecular weight excluding hydrogens is 180 g/mol. The van der Waals surface area contributed by atoms with Crippen molar-refractivity contribution in [3.05, 3.63) is 5.82 Å². The Balaban J connectivity index is 2.14. The van der Waals surface area contributed by atoms with Crippen LogP contribution in [0, 0.1) is 0 Å². The number of nitrogens with zero attached hydrogens (tertiary/aromatic N) is 4. The molecule has 0 radical (unpaired) electrons. The van der Waals surface area contributed by atoms with Crippen LogP contribution in [0.5, 0.6) is 0 Å². The van der Waals surface area contributed by atoms with Crippen molar-refractivity contribution in [2.45, 2.75) is 13.3 Å². The van der Waals surface area contributed by atoms with Gasteiger partial charge < -0.3 is 9.64 Å². The average molecular weight is 196 g/mol. The van der Waals surface area contributed by atoms with Gasteiger partial charge in [-0.25, -0.2) is 0 Å². The van der Waals surface area contributed by atoms with Crippen LogP contribution in [0.2, 0.25) is 0 Å². The van der Waals surface area contributed by atoms with E-state index in [-0.39, 0.29) is 0 Å². The molecule has 1 aliphatic rings. The summed E-state index contributed by atoms with van der Waals surface area (Å²) in [5.74, 6) is 1.87. The summed E-state index contributed by atoms with van der Waals surface area (Å²) in [6, 6.07) is 0. The van der Waals surface area contributed by atoms with Crippen molar-refractivity contribution >= 4 is 5.95 Å². The molecule has 1 fully saturated rings. The average Bonchev–Trinajstić information content (AvgIpc) is 2.61. The lowest BCUT2D eigenvalue weighted by atomic mass is 10.4. The van der Waals surface area contributed by atoms with Crippen LogP contribution in [0.25, 0.3) is 0 Å². The number of aromatic nitrogens is 3. The first-order valence-corrected chi connectivity index (χ1v) is 5.04. The molecule has 1 aromatic rings. The quantitative estimate of drug-likeness (QED) is 0.678. The fourth-order valence-corrected chi connectivity index (χ4v) is 1.61. The van der Waals surface area contributed by atoms with E-state index >= 15 is 0 Å². The highest BCUT2D eigenvalue weighted by atomic mass is 16.5. The zero-order valence-electron chi connectivity index (χ0n) is 8.73. The lowest BCUT2D eigenvalue weighted by Crippen LogP contribution is -2.37. The predicted octanol–water partition coefficient (Wildman–Crippen LogP) is 0.214. The smallest absolute Gasteiger partial charge is 0.245 e. The monoisotopic (exact) mass is 196 g/mol. The van der Waals surface area contributed by atoms with Gasteiger partial charge in [-0.15, -0.1) is 5.10 Å². The molecule has 14 heavy (non-hydrogen) atoms. The van der Waals surface area contributed by atoms with Crippen molar-refractivity contribution in [2.24, 2.45) is 7.05 Å². The number of anilines is 1. The normalized spacial score (nSPS) is 17.4. The molecule has 0 atom stereocenters. The SMILES string of the molecule is CCc1nc(N2CCOCC2)nn1C. The summed E-state index contributed by atoms with van der Waals surface area (Å²) < 4.78 is 7.13. The molecule has 5 heteroatoms. The van der Waals surface area contributed by atoms with E-state index in [1.54, 1.807) is 0 Å². The molecule has 5 nitrogen and oxygen atoms in total. The fraction of sp³-hybridized carbons (Fsp3) is 0.778. The maximum Gasteiger partial charge on any atom is 0.245 e. The minimum atomic E-state index is 0.777. The minimum Gasteiger partial charge on any atom is -0.378 e. The third kappa shape index (κ3) is 1.72. The van der Waals surface area contributed by atoms with Crippen LogP contribution in [0.15, 0.2) is 0 Å². The largest absolute Gasteiger partial charge is 0.378 e. The van der Waals surface area contributed by atoms with Crippen LogP contribution in [0.1, 0.15) is 12.7 Å². The van der Waals surface area contributed by atoms with Crippen molar-refractivity contribution in [1.82, 2.24) is 14.8 Å². The Morgan fingerprint density at radius 3 is 2.64 bits per heavy atom. The van der Waals surface area contributed by atoms with Gasteiger partial charge in [0.05, 0.1) is 13.2 Å². The molecule has 0 bridgehead atoms. The molecule has 0 aliphatic carbocycles. The Morgan fingerprint density at radius 1 is 1.36 bits per heavy atom. The van der Waals surface area contributed by atoms with Crippen molar-refractivity contribution in [3.8, 4) is 0 Å². The molecule has 1 saturated heterocycles. The maximum atomic E-state index is 5.28. The molecular formula is C9H16N4O. The summed E-state index contributed by atoms with van der Waals surface area (Å²) in [6.07, 6.45) is 0.924. The summed E-state index contributed by atoms with van der Waals surface area (Å²) in [4.78, 5) is 6.64.